The zero-order chi connectivity index (χ0) is 45.1. The van der Waals surface area contributed by atoms with E-state index in [-0.39, 0.29) is 10.8 Å². The summed E-state index contributed by atoms with van der Waals surface area (Å²) in [4.78, 5) is 2.42. The molecular formula is C67H55N. The van der Waals surface area contributed by atoms with E-state index in [2.05, 4.69) is 231 Å². The Morgan fingerprint density at radius 1 is 0.309 bits per heavy atom. The number of nitrogens with zero attached hydrogens (tertiary/aromatic N) is 1. The van der Waals surface area contributed by atoms with Gasteiger partial charge >= 0.3 is 0 Å². The Morgan fingerprint density at radius 3 is 1.35 bits per heavy atom. The summed E-state index contributed by atoms with van der Waals surface area (Å²) in [7, 11) is 0. The molecule has 0 unspecified atom stereocenters. The van der Waals surface area contributed by atoms with Crippen molar-refractivity contribution in [1.82, 2.24) is 0 Å². The molecule has 6 aliphatic rings. The Bertz CT molecular complexity index is 3380. The summed E-state index contributed by atoms with van der Waals surface area (Å²) in [5.74, 6) is 3.45. The zero-order valence-electron chi connectivity index (χ0n) is 39.0. The van der Waals surface area contributed by atoms with Crippen LogP contribution in [0.2, 0.25) is 0 Å². The fourth-order valence-corrected chi connectivity index (χ4v) is 14.7. The molecule has 0 amide bonds. The highest BCUT2D eigenvalue weighted by molar-refractivity contribution is 5.91. The predicted molar refractivity (Wildman–Crippen MR) is 284 cm³/mol. The SMILES string of the molecule is CC1(C)c2ccccc2-c2ccc(N(c3ccc(-c4ccccc4)cc3)c3ccc(-c4ccc(-c5ccccc5-c5ccc6c(c5)-c5ccccc5C65C6CC7CC(C6)CC5C7)cc4)cc3)cc21. The highest BCUT2D eigenvalue weighted by atomic mass is 15.1. The van der Waals surface area contributed by atoms with Gasteiger partial charge in [-0.25, -0.2) is 0 Å². The average molecular weight is 874 g/mol. The van der Waals surface area contributed by atoms with E-state index < -0.39 is 0 Å². The molecule has 1 heteroatoms. The molecule has 4 fully saturated rings. The number of fused-ring (bicyclic) bond motifs is 6. The summed E-state index contributed by atoms with van der Waals surface area (Å²) in [6, 6.07) is 80.1. The maximum absolute atomic E-state index is 2.56. The summed E-state index contributed by atoms with van der Waals surface area (Å²) in [6.45, 7) is 4.73. The van der Waals surface area contributed by atoms with E-state index in [4.69, 9.17) is 0 Å². The van der Waals surface area contributed by atoms with Gasteiger partial charge in [-0.05, 0) is 187 Å². The standard InChI is InChI=1S/C67H55N/c1-66(2)62-18-10-8-16-58(62)60-34-33-55(42-65(60)66)68(53-29-24-47(25-30-53)45-12-4-3-5-13-45)54-31-26-48(27-32-54)46-20-22-49(23-21-46)56-14-6-7-15-57(56)50-28-35-64-61(41-50)59-17-9-11-19-63(59)67(64)51-37-43-36-44(39-51)40-52(67)38-43/h3-35,41-44,51-52H,36-40H2,1-2H3. The third-order valence-corrected chi connectivity index (χ3v) is 17.5. The smallest absolute Gasteiger partial charge is 0.0465 e. The van der Waals surface area contributed by atoms with E-state index in [0.29, 0.717) is 0 Å². The van der Waals surface area contributed by atoms with Crippen molar-refractivity contribution in [2.45, 2.75) is 56.8 Å². The van der Waals surface area contributed by atoms with Crippen LogP contribution >= 0.6 is 0 Å². The van der Waals surface area contributed by atoms with E-state index in [1.54, 1.807) is 11.1 Å². The second kappa shape index (κ2) is 15.1. The number of benzene rings is 9. The second-order valence-corrected chi connectivity index (χ2v) is 21.3. The fourth-order valence-electron chi connectivity index (χ4n) is 14.7. The lowest BCUT2D eigenvalue weighted by Crippen LogP contribution is -2.55. The fraction of sp³-hybridized carbons (Fsp3) is 0.194. The van der Waals surface area contributed by atoms with Crippen LogP contribution in [0.3, 0.4) is 0 Å². The largest absolute Gasteiger partial charge is 0.310 e. The van der Waals surface area contributed by atoms with Gasteiger partial charge in [-0.3, -0.25) is 0 Å². The van der Waals surface area contributed by atoms with Crippen LogP contribution in [0.25, 0.3) is 66.8 Å². The molecule has 0 heterocycles. The van der Waals surface area contributed by atoms with Gasteiger partial charge in [0.1, 0.15) is 0 Å². The van der Waals surface area contributed by atoms with Gasteiger partial charge in [0, 0.05) is 27.9 Å². The van der Waals surface area contributed by atoms with Crippen molar-refractivity contribution in [3.8, 4) is 66.8 Å². The second-order valence-electron chi connectivity index (χ2n) is 21.3. The molecule has 6 aliphatic carbocycles. The molecule has 4 bridgehead atoms. The molecule has 68 heavy (non-hydrogen) atoms. The molecule has 0 aromatic heterocycles. The van der Waals surface area contributed by atoms with Gasteiger partial charge in [-0.2, -0.15) is 0 Å². The molecule has 0 N–H and O–H groups in total. The minimum absolute atomic E-state index is 0.0912. The lowest BCUT2D eigenvalue weighted by atomic mass is 9.43. The maximum atomic E-state index is 2.56. The normalized spacial score (nSPS) is 21.9. The monoisotopic (exact) mass is 873 g/mol. The van der Waals surface area contributed by atoms with Crippen LogP contribution in [-0.2, 0) is 10.8 Å². The van der Waals surface area contributed by atoms with Gasteiger partial charge < -0.3 is 4.90 Å². The number of rotatable bonds is 7. The molecule has 0 saturated heterocycles. The van der Waals surface area contributed by atoms with Crippen LogP contribution in [0, 0.1) is 23.7 Å². The van der Waals surface area contributed by atoms with E-state index in [1.165, 1.54) is 110 Å². The molecule has 1 spiro atoms. The van der Waals surface area contributed by atoms with Gasteiger partial charge in [0.2, 0.25) is 0 Å². The van der Waals surface area contributed by atoms with E-state index in [0.717, 1.165) is 40.7 Å². The summed E-state index contributed by atoms with van der Waals surface area (Å²) in [5.41, 5.74) is 25.2. The van der Waals surface area contributed by atoms with Crippen LogP contribution in [0.15, 0.2) is 212 Å². The lowest BCUT2D eigenvalue weighted by Gasteiger charge is -2.61. The quantitative estimate of drug-likeness (QED) is 0.154. The molecule has 4 saturated carbocycles. The molecule has 0 radical (unpaired) electrons. The average Bonchev–Trinajstić information content (AvgIpc) is 3.81. The number of hydrogen-bond donors (Lipinski definition) is 0. The maximum Gasteiger partial charge on any atom is 0.0465 e. The van der Waals surface area contributed by atoms with E-state index in [9.17, 15) is 0 Å². The van der Waals surface area contributed by atoms with Gasteiger partial charge in [0.15, 0.2) is 0 Å². The first-order valence-corrected chi connectivity index (χ1v) is 25.2. The summed E-state index contributed by atoms with van der Waals surface area (Å²) >= 11 is 0. The zero-order valence-corrected chi connectivity index (χ0v) is 39.0. The van der Waals surface area contributed by atoms with Crippen molar-refractivity contribution in [1.29, 1.82) is 0 Å². The first kappa shape index (κ1) is 39.9. The Balaban J connectivity index is 0.786. The minimum Gasteiger partial charge on any atom is -0.310 e. The van der Waals surface area contributed by atoms with Crippen molar-refractivity contribution >= 4 is 17.1 Å². The minimum atomic E-state index is -0.0912. The Labute approximate surface area is 401 Å². The first-order chi connectivity index (χ1) is 33.4. The lowest BCUT2D eigenvalue weighted by molar-refractivity contribution is -0.0399. The topological polar surface area (TPSA) is 3.24 Å². The van der Waals surface area contributed by atoms with Crippen molar-refractivity contribution in [3.05, 3.63) is 235 Å². The van der Waals surface area contributed by atoms with Crippen LogP contribution in [-0.4, -0.2) is 0 Å². The Hall–Kier alpha value is -7.22. The van der Waals surface area contributed by atoms with Gasteiger partial charge in [0.25, 0.3) is 0 Å². The highest BCUT2D eigenvalue weighted by Crippen LogP contribution is 2.69. The third-order valence-electron chi connectivity index (χ3n) is 17.5. The van der Waals surface area contributed by atoms with Gasteiger partial charge in [-0.15, -0.1) is 0 Å². The third kappa shape index (κ3) is 5.94. The van der Waals surface area contributed by atoms with Crippen LogP contribution < -0.4 is 4.90 Å². The molecule has 9 aromatic carbocycles. The number of hydrogen-bond acceptors (Lipinski definition) is 1. The van der Waals surface area contributed by atoms with Crippen molar-refractivity contribution in [3.63, 3.8) is 0 Å². The molecule has 0 aliphatic heterocycles. The van der Waals surface area contributed by atoms with Gasteiger partial charge in [-0.1, -0.05) is 184 Å². The van der Waals surface area contributed by atoms with Crippen molar-refractivity contribution in [2.75, 3.05) is 4.90 Å². The van der Waals surface area contributed by atoms with Crippen LogP contribution in [0.1, 0.15) is 68.2 Å². The molecular weight excluding hydrogens is 819 g/mol. The summed E-state index contributed by atoms with van der Waals surface area (Å²) in [6.07, 6.45) is 7.14. The molecule has 328 valence electrons. The predicted octanol–water partition coefficient (Wildman–Crippen LogP) is 17.9. The van der Waals surface area contributed by atoms with E-state index >= 15 is 0 Å². The molecule has 9 aromatic rings. The van der Waals surface area contributed by atoms with Crippen LogP contribution in [0.5, 0.6) is 0 Å². The van der Waals surface area contributed by atoms with Crippen molar-refractivity contribution < 1.29 is 0 Å². The number of anilines is 3. The molecule has 15 rings (SSSR count). The summed E-state index contributed by atoms with van der Waals surface area (Å²) in [5, 5.41) is 0. The van der Waals surface area contributed by atoms with Crippen molar-refractivity contribution in [2.24, 2.45) is 23.7 Å². The molecule has 1 nitrogen and oxygen atoms in total. The van der Waals surface area contributed by atoms with E-state index in [1.807, 2.05) is 0 Å². The summed E-state index contributed by atoms with van der Waals surface area (Å²) < 4.78 is 0. The Morgan fingerprint density at radius 2 is 0.735 bits per heavy atom. The first-order valence-electron chi connectivity index (χ1n) is 25.2. The van der Waals surface area contributed by atoms with Gasteiger partial charge in [0.05, 0.1) is 0 Å². The molecule has 0 atom stereocenters. The van der Waals surface area contributed by atoms with Crippen LogP contribution in [0.4, 0.5) is 17.1 Å². The highest BCUT2D eigenvalue weighted by Gasteiger charge is 2.61. The Kier molecular flexibility index (Phi) is 8.89.